The van der Waals surface area contributed by atoms with E-state index in [1.54, 1.807) is 11.8 Å². The molecule has 0 amide bonds. The normalized spacial score (nSPS) is 11.6. The summed E-state index contributed by atoms with van der Waals surface area (Å²) >= 11 is 1.55. The Morgan fingerprint density at radius 3 is 2.36 bits per heavy atom. The van der Waals surface area contributed by atoms with Crippen LogP contribution in [0.25, 0.3) is 0 Å². The predicted molar refractivity (Wildman–Crippen MR) is 89.4 cm³/mol. The van der Waals surface area contributed by atoms with Gasteiger partial charge in [-0.2, -0.15) is 0 Å². The van der Waals surface area contributed by atoms with Crippen LogP contribution in [0.5, 0.6) is 0 Å². The van der Waals surface area contributed by atoms with E-state index in [0.717, 1.165) is 16.2 Å². The summed E-state index contributed by atoms with van der Waals surface area (Å²) in [4.78, 5) is 0.945. The van der Waals surface area contributed by atoms with Crippen molar-refractivity contribution in [3.05, 3.63) is 59.2 Å². The molecule has 0 unspecified atom stereocenters. The van der Waals surface area contributed by atoms with E-state index in [1.807, 2.05) is 43.3 Å². The van der Waals surface area contributed by atoms with Crippen LogP contribution in [0, 0.1) is 0 Å². The van der Waals surface area contributed by atoms with Crippen LogP contribution in [-0.2, 0) is 23.1 Å². The van der Waals surface area contributed by atoms with Gasteiger partial charge in [-0.05, 0) is 41.0 Å². The first kappa shape index (κ1) is 17.0. The molecule has 2 aromatic carbocycles. The lowest BCUT2D eigenvalue weighted by Gasteiger charge is -2.15. The van der Waals surface area contributed by atoms with Gasteiger partial charge in [-0.15, -0.1) is 11.8 Å². The third-order valence-electron chi connectivity index (χ3n) is 3.24. The van der Waals surface area contributed by atoms with Crippen LogP contribution in [0.15, 0.2) is 52.3 Å². The average molecular weight is 337 g/mol. The maximum Gasteiger partial charge on any atom is 0.238 e. The Morgan fingerprint density at radius 1 is 1.14 bits per heavy atom. The van der Waals surface area contributed by atoms with Gasteiger partial charge in [0.15, 0.2) is 0 Å². The molecule has 3 N–H and O–H groups in total. The highest BCUT2D eigenvalue weighted by Crippen LogP contribution is 2.31. The van der Waals surface area contributed by atoms with Gasteiger partial charge in [-0.3, -0.25) is 0 Å². The van der Waals surface area contributed by atoms with Crippen molar-refractivity contribution >= 4 is 21.8 Å². The van der Waals surface area contributed by atoms with Crippen molar-refractivity contribution in [3.8, 4) is 0 Å². The van der Waals surface area contributed by atoms with Gasteiger partial charge in [0.2, 0.25) is 10.0 Å². The summed E-state index contributed by atoms with van der Waals surface area (Å²) in [5, 5.41) is 14.7. The van der Waals surface area contributed by atoms with Gasteiger partial charge in [0.25, 0.3) is 0 Å². The average Bonchev–Trinajstić information content (AvgIpc) is 2.49. The molecular weight excluding hydrogens is 318 g/mol. The Kier molecular flexibility index (Phi) is 5.63. The third kappa shape index (κ3) is 4.10. The Balaban J connectivity index is 2.61. The van der Waals surface area contributed by atoms with Crippen LogP contribution in [-0.4, -0.2) is 19.3 Å². The van der Waals surface area contributed by atoms with Crippen LogP contribution < -0.4 is 5.14 Å². The second-order valence-electron chi connectivity index (χ2n) is 4.87. The molecule has 22 heavy (non-hydrogen) atoms. The number of rotatable bonds is 6. The lowest BCUT2D eigenvalue weighted by atomic mass is 10.0. The van der Waals surface area contributed by atoms with Crippen molar-refractivity contribution < 1.29 is 13.5 Å². The first-order chi connectivity index (χ1) is 10.5. The molecule has 4 nitrogen and oxygen atoms in total. The van der Waals surface area contributed by atoms with Gasteiger partial charge in [0.05, 0.1) is 11.5 Å². The number of primary sulfonamides is 1. The quantitative estimate of drug-likeness (QED) is 0.794. The second kappa shape index (κ2) is 7.28. The second-order valence-corrected chi connectivity index (χ2v) is 7.70. The Morgan fingerprint density at radius 2 is 1.82 bits per heavy atom. The summed E-state index contributed by atoms with van der Waals surface area (Å²) in [6.45, 7) is 1.78. The van der Waals surface area contributed by atoms with E-state index in [9.17, 15) is 13.5 Å². The Labute approximate surface area is 135 Å². The maximum absolute atomic E-state index is 12.0. The zero-order chi connectivity index (χ0) is 16.2. The zero-order valence-electron chi connectivity index (χ0n) is 12.3. The molecular formula is C16H19NO3S2. The topological polar surface area (TPSA) is 80.4 Å². The number of sulfonamides is 1. The van der Waals surface area contributed by atoms with Crippen LogP contribution in [0.2, 0.25) is 0 Å². The van der Waals surface area contributed by atoms with Gasteiger partial charge in [-0.25, -0.2) is 13.6 Å². The van der Waals surface area contributed by atoms with Crippen LogP contribution in [0.1, 0.15) is 23.6 Å². The number of benzene rings is 2. The molecule has 0 spiro atoms. The van der Waals surface area contributed by atoms with Crippen LogP contribution in [0.3, 0.4) is 0 Å². The minimum Gasteiger partial charge on any atom is -0.392 e. The van der Waals surface area contributed by atoms with Crippen molar-refractivity contribution in [2.24, 2.45) is 5.14 Å². The van der Waals surface area contributed by atoms with Crippen LogP contribution >= 0.6 is 11.8 Å². The first-order valence-electron chi connectivity index (χ1n) is 6.92. The number of hydrogen-bond donors (Lipinski definition) is 2. The highest BCUT2D eigenvalue weighted by molar-refractivity contribution is 7.99. The van der Waals surface area contributed by atoms with E-state index < -0.39 is 10.0 Å². The van der Waals surface area contributed by atoms with Crippen molar-refractivity contribution in [1.82, 2.24) is 0 Å². The molecule has 2 rings (SSSR count). The first-order valence-corrected chi connectivity index (χ1v) is 9.45. The fourth-order valence-corrected chi connectivity index (χ4v) is 4.09. The highest BCUT2D eigenvalue weighted by atomic mass is 32.2. The van der Waals surface area contributed by atoms with Crippen LogP contribution in [0.4, 0.5) is 0 Å². The summed E-state index contributed by atoms with van der Waals surface area (Å²) < 4.78 is 23.9. The lowest BCUT2D eigenvalue weighted by Crippen LogP contribution is -2.16. The fourth-order valence-electron chi connectivity index (χ4n) is 2.28. The summed E-state index contributed by atoms with van der Waals surface area (Å²) in [6.07, 6.45) is 0.487. The molecule has 0 radical (unpaired) electrons. The minimum absolute atomic E-state index is 0.0962. The predicted octanol–water partition coefficient (Wildman–Crippen LogP) is 2.53. The number of nitrogens with two attached hydrogens (primary N) is 1. The molecule has 0 aliphatic heterocycles. The Bertz CT molecular complexity index is 743. The van der Waals surface area contributed by atoms with Gasteiger partial charge in [-0.1, -0.05) is 37.3 Å². The van der Waals surface area contributed by atoms with E-state index in [-0.39, 0.29) is 11.5 Å². The number of thioether (sulfide) groups is 1. The summed E-state index contributed by atoms with van der Waals surface area (Å²) in [5.41, 5.74) is 2.26. The number of aliphatic hydroxyl groups excluding tert-OH is 1. The molecule has 0 saturated heterocycles. The fraction of sp³-hybridized carbons (Fsp3) is 0.250. The SMILES string of the molecule is CCSc1cc(CO)cc(S(N)(=O)=O)c1Cc1ccccc1. The lowest BCUT2D eigenvalue weighted by molar-refractivity contribution is 0.281. The molecule has 0 heterocycles. The van der Waals surface area contributed by atoms with Gasteiger partial charge in [0, 0.05) is 4.90 Å². The smallest absolute Gasteiger partial charge is 0.238 e. The van der Waals surface area contributed by atoms with Gasteiger partial charge < -0.3 is 5.11 Å². The van der Waals surface area contributed by atoms with Crippen molar-refractivity contribution in [2.45, 2.75) is 29.7 Å². The molecule has 0 fully saturated rings. The molecule has 0 bridgehead atoms. The summed E-state index contributed by atoms with van der Waals surface area (Å²) in [6, 6.07) is 13.0. The monoisotopic (exact) mass is 337 g/mol. The molecule has 0 atom stereocenters. The number of aliphatic hydroxyl groups is 1. The van der Waals surface area contributed by atoms with Crippen molar-refractivity contribution in [2.75, 3.05) is 5.75 Å². The van der Waals surface area contributed by atoms with Crippen molar-refractivity contribution in [3.63, 3.8) is 0 Å². The summed E-state index contributed by atoms with van der Waals surface area (Å²) in [5.74, 6) is 0.806. The van der Waals surface area contributed by atoms with Crippen molar-refractivity contribution in [1.29, 1.82) is 0 Å². The highest BCUT2D eigenvalue weighted by Gasteiger charge is 2.19. The molecule has 118 valence electrons. The molecule has 6 heteroatoms. The number of hydrogen-bond acceptors (Lipinski definition) is 4. The van der Waals surface area contributed by atoms with E-state index >= 15 is 0 Å². The van der Waals surface area contributed by atoms with E-state index in [1.165, 1.54) is 6.07 Å². The van der Waals surface area contributed by atoms with E-state index in [0.29, 0.717) is 17.5 Å². The summed E-state index contributed by atoms with van der Waals surface area (Å²) in [7, 11) is -3.85. The largest absolute Gasteiger partial charge is 0.392 e. The van der Waals surface area contributed by atoms with E-state index in [2.05, 4.69) is 0 Å². The maximum atomic E-state index is 12.0. The zero-order valence-corrected chi connectivity index (χ0v) is 14.0. The molecule has 2 aromatic rings. The molecule has 0 aromatic heterocycles. The standard InChI is InChI=1S/C16H19NO3S2/c1-2-21-15-9-13(11-18)10-16(22(17,19)20)14(15)8-12-6-4-3-5-7-12/h3-7,9-10,18H,2,8,11H2,1H3,(H2,17,19,20). The Hall–Kier alpha value is -1.34. The minimum atomic E-state index is -3.85. The van der Waals surface area contributed by atoms with Gasteiger partial charge in [0.1, 0.15) is 0 Å². The van der Waals surface area contributed by atoms with Gasteiger partial charge >= 0.3 is 0 Å². The van der Waals surface area contributed by atoms with E-state index in [4.69, 9.17) is 5.14 Å². The molecule has 0 aliphatic carbocycles. The molecule has 0 aliphatic rings. The molecule has 0 saturated carbocycles. The third-order valence-corrected chi connectivity index (χ3v) is 5.18.